The van der Waals surface area contributed by atoms with Crippen LogP contribution in [0.15, 0.2) is 24.3 Å². The quantitative estimate of drug-likeness (QED) is 0.781. The number of rotatable bonds is 2. The molecule has 0 spiro atoms. The average Bonchev–Trinajstić information content (AvgIpc) is 2.15. The van der Waals surface area contributed by atoms with E-state index >= 15 is 0 Å². The molecule has 0 aliphatic carbocycles. The summed E-state index contributed by atoms with van der Waals surface area (Å²) in [5.41, 5.74) is 1.98. The maximum absolute atomic E-state index is 9.59. The molecule has 0 bridgehead atoms. The van der Waals surface area contributed by atoms with E-state index in [9.17, 15) is 5.11 Å². The lowest BCUT2D eigenvalue weighted by Gasteiger charge is -2.19. The van der Waals surface area contributed by atoms with Gasteiger partial charge in [-0.1, -0.05) is 39.0 Å². The van der Waals surface area contributed by atoms with Gasteiger partial charge in [0, 0.05) is 5.56 Å². The van der Waals surface area contributed by atoms with Crippen molar-refractivity contribution in [3.05, 3.63) is 35.4 Å². The Labute approximate surface area is 90.9 Å². The third kappa shape index (κ3) is 3.10. The summed E-state index contributed by atoms with van der Waals surface area (Å²) >= 11 is 0. The van der Waals surface area contributed by atoms with Crippen LogP contribution >= 0.6 is 0 Å². The first-order chi connectivity index (χ1) is 6.95. The van der Waals surface area contributed by atoms with Crippen LogP contribution in [0.5, 0.6) is 5.75 Å². The number of hydrogen-bond acceptors (Lipinski definition) is 2. The van der Waals surface area contributed by atoms with Gasteiger partial charge in [-0.05, 0) is 23.1 Å². The smallest absolute Gasteiger partial charge is 0.122 e. The van der Waals surface area contributed by atoms with Crippen LogP contribution in [0.1, 0.15) is 31.9 Å². The molecule has 0 aliphatic rings. The lowest BCUT2D eigenvalue weighted by atomic mass is 9.86. The Morgan fingerprint density at radius 3 is 2.47 bits per heavy atom. The van der Waals surface area contributed by atoms with Crippen LogP contribution in [0.25, 0.3) is 6.08 Å². The molecule has 0 unspecified atom stereocenters. The van der Waals surface area contributed by atoms with Crippen molar-refractivity contribution in [3.8, 4) is 5.75 Å². The summed E-state index contributed by atoms with van der Waals surface area (Å²) in [7, 11) is 0. The van der Waals surface area contributed by atoms with Gasteiger partial charge >= 0.3 is 0 Å². The molecule has 0 fully saturated rings. The lowest BCUT2D eigenvalue weighted by Crippen LogP contribution is -2.10. The topological polar surface area (TPSA) is 40.5 Å². The van der Waals surface area contributed by atoms with Crippen molar-refractivity contribution in [3.63, 3.8) is 0 Å². The monoisotopic (exact) mass is 206 g/mol. The first-order valence-electron chi connectivity index (χ1n) is 5.06. The van der Waals surface area contributed by atoms with Crippen LogP contribution in [-0.2, 0) is 5.41 Å². The summed E-state index contributed by atoms with van der Waals surface area (Å²) in [4.78, 5) is 0. The molecule has 0 saturated carbocycles. The Kier molecular flexibility index (Phi) is 3.53. The highest BCUT2D eigenvalue weighted by Crippen LogP contribution is 2.27. The van der Waals surface area contributed by atoms with Crippen LogP contribution in [0, 0.1) is 0 Å². The van der Waals surface area contributed by atoms with Crippen molar-refractivity contribution in [2.24, 2.45) is 0 Å². The first-order valence-corrected chi connectivity index (χ1v) is 5.06. The molecule has 2 heteroatoms. The van der Waals surface area contributed by atoms with Gasteiger partial charge in [0.25, 0.3) is 0 Å². The summed E-state index contributed by atoms with van der Waals surface area (Å²) in [6.07, 6.45) is 3.34. The Bertz CT molecular complexity index is 359. The predicted octanol–water partition coefficient (Wildman–Crippen LogP) is 2.70. The predicted molar refractivity (Wildman–Crippen MR) is 62.9 cm³/mol. The van der Waals surface area contributed by atoms with Gasteiger partial charge in [0.05, 0.1) is 6.61 Å². The molecule has 2 nitrogen and oxygen atoms in total. The van der Waals surface area contributed by atoms with Crippen LogP contribution in [-0.4, -0.2) is 16.8 Å². The van der Waals surface area contributed by atoms with E-state index in [1.54, 1.807) is 18.2 Å². The van der Waals surface area contributed by atoms with E-state index < -0.39 is 0 Å². The maximum Gasteiger partial charge on any atom is 0.122 e. The summed E-state index contributed by atoms with van der Waals surface area (Å²) < 4.78 is 0. The molecular weight excluding hydrogens is 188 g/mol. The van der Waals surface area contributed by atoms with Gasteiger partial charge < -0.3 is 10.2 Å². The molecule has 0 radical (unpaired) electrons. The zero-order chi connectivity index (χ0) is 11.5. The van der Waals surface area contributed by atoms with Crippen LogP contribution in [0.3, 0.4) is 0 Å². The third-order valence-corrected chi connectivity index (χ3v) is 2.30. The highest BCUT2D eigenvalue weighted by Gasteiger charge is 2.14. The standard InChI is InChI=1S/C13H18O2/c1-13(2,3)11-6-7-12(15)10(9-11)5-4-8-14/h4-7,9,14-15H,8H2,1-3H3. The number of aliphatic hydroxyl groups is 1. The minimum Gasteiger partial charge on any atom is -0.507 e. The molecule has 1 aromatic carbocycles. The van der Waals surface area contributed by atoms with Gasteiger partial charge in [0.15, 0.2) is 0 Å². The molecule has 0 amide bonds. The summed E-state index contributed by atoms with van der Waals surface area (Å²) in [6.45, 7) is 6.36. The fraction of sp³-hybridized carbons (Fsp3) is 0.385. The van der Waals surface area contributed by atoms with Gasteiger partial charge in [0.2, 0.25) is 0 Å². The van der Waals surface area contributed by atoms with Crippen molar-refractivity contribution >= 4 is 6.08 Å². The Balaban J connectivity index is 3.11. The SMILES string of the molecule is CC(C)(C)c1ccc(O)c(C=CCO)c1. The van der Waals surface area contributed by atoms with E-state index in [-0.39, 0.29) is 17.8 Å². The van der Waals surface area contributed by atoms with Crippen LogP contribution in [0.4, 0.5) is 0 Å². The zero-order valence-electron chi connectivity index (χ0n) is 9.49. The number of aromatic hydroxyl groups is 1. The minimum atomic E-state index is -0.0147. The Morgan fingerprint density at radius 1 is 1.27 bits per heavy atom. The van der Waals surface area contributed by atoms with Gasteiger partial charge in [-0.25, -0.2) is 0 Å². The van der Waals surface area contributed by atoms with E-state index in [1.165, 1.54) is 0 Å². The van der Waals surface area contributed by atoms with Crippen molar-refractivity contribution in [2.75, 3.05) is 6.61 Å². The molecule has 0 aliphatic heterocycles. The zero-order valence-corrected chi connectivity index (χ0v) is 9.49. The Morgan fingerprint density at radius 2 is 1.93 bits per heavy atom. The lowest BCUT2D eigenvalue weighted by molar-refractivity contribution is 0.343. The van der Waals surface area contributed by atoms with E-state index in [1.807, 2.05) is 12.1 Å². The van der Waals surface area contributed by atoms with Gasteiger partial charge in [0.1, 0.15) is 5.75 Å². The summed E-state index contributed by atoms with van der Waals surface area (Å²) in [6, 6.07) is 5.56. The molecule has 15 heavy (non-hydrogen) atoms. The van der Waals surface area contributed by atoms with Crippen LogP contribution in [0.2, 0.25) is 0 Å². The van der Waals surface area contributed by atoms with Crippen LogP contribution < -0.4 is 0 Å². The van der Waals surface area contributed by atoms with Gasteiger partial charge in [-0.15, -0.1) is 0 Å². The molecule has 1 aromatic rings. The fourth-order valence-corrected chi connectivity index (χ4v) is 1.33. The third-order valence-electron chi connectivity index (χ3n) is 2.30. The second kappa shape index (κ2) is 4.49. The van der Waals surface area contributed by atoms with Gasteiger partial charge in [-0.2, -0.15) is 0 Å². The van der Waals surface area contributed by atoms with Crippen molar-refractivity contribution < 1.29 is 10.2 Å². The first kappa shape index (κ1) is 11.8. The minimum absolute atomic E-state index is 0.0147. The Hall–Kier alpha value is -1.28. The molecule has 0 aromatic heterocycles. The van der Waals surface area contributed by atoms with Crippen molar-refractivity contribution in [1.82, 2.24) is 0 Å². The number of aliphatic hydroxyl groups excluding tert-OH is 1. The van der Waals surface area contributed by atoms with Crippen molar-refractivity contribution in [1.29, 1.82) is 0 Å². The van der Waals surface area contributed by atoms with E-state index in [4.69, 9.17) is 5.11 Å². The normalized spacial score (nSPS) is 12.3. The number of benzene rings is 1. The van der Waals surface area contributed by atoms with Crippen molar-refractivity contribution in [2.45, 2.75) is 26.2 Å². The molecule has 0 heterocycles. The molecule has 82 valence electrons. The van der Waals surface area contributed by atoms with E-state index in [2.05, 4.69) is 20.8 Å². The molecule has 0 atom stereocenters. The largest absolute Gasteiger partial charge is 0.507 e. The molecule has 1 rings (SSSR count). The second-order valence-corrected chi connectivity index (χ2v) is 4.61. The molecule has 0 saturated heterocycles. The molecule has 2 N–H and O–H groups in total. The van der Waals surface area contributed by atoms with E-state index in [0.717, 1.165) is 11.1 Å². The summed E-state index contributed by atoms with van der Waals surface area (Å²) in [5.74, 6) is 0.243. The van der Waals surface area contributed by atoms with Gasteiger partial charge in [-0.3, -0.25) is 0 Å². The fourth-order valence-electron chi connectivity index (χ4n) is 1.33. The highest BCUT2D eigenvalue weighted by atomic mass is 16.3. The summed E-state index contributed by atoms with van der Waals surface area (Å²) in [5, 5.41) is 18.3. The second-order valence-electron chi connectivity index (χ2n) is 4.61. The molecular formula is C13H18O2. The highest BCUT2D eigenvalue weighted by molar-refractivity contribution is 5.58. The van der Waals surface area contributed by atoms with E-state index in [0.29, 0.717) is 0 Å². The average molecular weight is 206 g/mol. The number of phenolic OH excluding ortho intramolecular Hbond substituents is 1. The number of hydrogen-bond donors (Lipinski definition) is 2. The maximum atomic E-state index is 9.59. The number of phenols is 1.